The SMILES string of the molecule is O=C(NC1CCCCC1)NC1CCN(CC(=O)N(C2CCCCC2)C2CCS(=O)(=O)C2)CC1. The van der Waals surface area contributed by atoms with Gasteiger partial charge in [0.1, 0.15) is 0 Å². The fourth-order valence-electron chi connectivity index (χ4n) is 6.23. The van der Waals surface area contributed by atoms with E-state index in [0.29, 0.717) is 19.0 Å². The second-order valence-corrected chi connectivity index (χ2v) is 12.9. The van der Waals surface area contributed by atoms with Gasteiger partial charge in [-0.05, 0) is 44.9 Å². The highest BCUT2D eigenvalue weighted by Crippen LogP contribution is 2.29. The number of amides is 3. The van der Waals surface area contributed by atoms with Crippen LogP contribution in [0.25, 0.3) is 0 Å². The first-order valence-electron chi connectivity index (χ1n) is 13.2. The van der Waals surface area contributed by atoms with E-state index in [1.165, 1.54) is 25.7 Å². The van der Waals surface area contributed by atoms with Crippen LogP contribution in [0.3, 0.4) is 0 Å². The molecule has 2 aliphatic carbocycles. The molecule has 0 aromatic rings. The maximum atomic E-state index is 13.4. The first-order chi connectivity index (χ1) is 15.9. The highest BCUT2D eigenvalue weighted by molar-refractivity contribution is 7.91. The van der Waals surface area contributed by atoms with E-state index in [9.17, 15) is 18.0 Å². The van der Waals surface area contributed by atoms with Crippen LogP contribution < -0.4 is 10.6 Å². The number of sulfone groups is 1. The zero-order valence-electron chi connectivity index (χ0n) is 20.0. The Morgan fingerprint density at radius 2 is 1.33 bits per heavy atom. The monoisotopic (exact) mass is 482 g/mol. The average Bonchev–Trinajstić information content (AvgIpc) is 3.15. The standard InChI is InChI=1S/C24H42N4O4S/c29-23(28(21-9-5-2-6-10-21)22-13-16-33(31,32)18-22)17-27-14-11-20(12-15-27)26-24(30)25-19-7-3-1-4-8-19/h19-22H,1-18H2,(H2,25,26,30). The summed E-state index contributed by atoms with van der Waals surface area (Å²) in [4.78, 5) is 29.9. The van der Waals surface area contributed by atoms with Crippen molar-refractivity contribution in [1.82, 2.24) is 20.4 Å². The van der Waals surface area contributed by atoms with Crippen LogP contribution in [0.5, 0.6) is 0 Å². The first-order valence-corrected chi connectivity index (χ1v) is 15.0. The molecular weight excluding hydrogens is 440 g/mol. The third kappa shape index (κ3) is 7.07. The van der Waals surface area contributed by atoms with E-state index in [1.54, 1.807) is 0 Å². The molecule has 1 atom stereocenters. The fourth-order valence-corrected chi connectivity index (χ4v) is 7.94. The Morgan fingerprint density at radius 3 is 1.91 bits per heavy atom. The van der Waals surface area contributed by atoms with E-state index < -0.39 is 9.84 Å². The number of carbonyl (C=O) groups excluding carboxylic acids is 2. The fraction of sp³-hybridized carbons (Fsp3) is 0.917. The van der Waals surface area contributed by atoms with Gasteiger partial charge in [0.25, 0.3) is 0 Å². The molecule has 0 bridgehead atoms. The first kappa shape index (κ1) is 24.8. The molecule has 33 heavy (non-hydrogen) atoms. The summed E-state index contributed by atoms with van der Waals surface area (Å²) in [6.07, 6.45) is 13.5. The molecule has 2 aliphatic heterocycles. The molecule has 2 N–H and O–H groups in total. The van der Waals surface area contributed by atoms with E-state index in [-0.39, 0.29) is 41.6 Å². The minimum atomic E-state index is -3.03. The van der Waals surface area contributed by atoms with Gasteiger partial charge in [0.05, 0.1) is 18.1 Å². The Hall–Kier alpha value is -1.35. The van der Waals surface area contributed by atoms with Gasteiger partial charge in [-0.25, -0.2) is 13.2 Å². The van der Waals surface area contributed by atoms with Gasteiger partial charge >= 0.3 is 6.03 Å². The van der Waals surface area contributed by atoms with E-state index in [0.717, 1.165) is 64.5 Å². The number of rotatable bonds is 6. The van der Waals surface area contributed by atoms with Crippen molar-refractivity contribution in [2.45, 2.75) is 108 Å². The van der Waals surface area contributed by atoms with Crippen molar-refractivity contribution in [3.8, 4) is 0 Å². The summed E-state index contributed by atoms with van der Waals surface area (Å²) in [5, 5.41) is 6.25. The van der Waals surface area contributed by atoms with Gasteiger partial charge in [-0.15, -0.1) is 0 Å². The van der Waals surface area contributed by atoms with Crippen LogP contribution >= 0.6 is 0 Å². The molecule has 0 radical (unpaired) electrons. The molecule has 1 unspecified atom stereocenters. The van der Waals surface area contributed by atoms with Crippen LogP contribution in [0.2, 0.25) is 0 Å². The molecular formula is C24H42N4O4S. The summed E-state index contributed by atoms with van der Waals surface area (Å²) in [5.41, 5.74) is 0. The molecule has 8 nitrogen and oxygen atoms in total. The molecule has 9 heteroatoms. The normalized spacial score (nSPS) is 27.8. The second kappa shape index (κ2) is 11.4. The molecule has 4 fully saturated rings. The summed E-state index contributed by atoms with van der Waals surface area (Å²) >= 11 is 0. The van der Waals surface area contributed by atoms with E-state index in [1.807, 2.05) is 4.90 Å². The minimum Gasteiger partial charge on any atom is -0.335 e. The second-order valence-electron chi connectivity index (χ2n) is 10.7. The lowest BCUT2D eigenvalue weighted by atomic mass is 9.92. The number of carbonyl (C=O) groups is 2. The van der Waals surface area contributed by atoms with Crippen LogP contribution in [-0.2, 0) is 14.6 Å². The zero-order valence-corrected chi connectivity index (χ0v) is 20.8. The third-order valence-corrected chi connectivity index (χ3v) is 9.83. The molecule has 0 aromatic heterocycles. The highest BCUT2D eigenvalue weighted by atomic mass is 32.2. The van der Waals surface area contributed by atoms with Crippen molar-refractivity contribution >= 4 is 21.8 Å². The van der Waals surface area contributed by atoms with Crippen LogP contribution in [0, 0.1) is 0 Å². The van der Waals surface area contributed by atoms with Crippen LogP contribution in [0.4, 0.5) is 4.79 Å². The van der Waals surface area contributed by atoms with Crippen molar-refractivity contribution in [2.75, 3.05) is 31.1 Å². The summed E-state index contributed by atoms with van der Waals surface area (Å²) in [7, 11) is -3.03. The third-order valence-electron chi connectivity index (χ3n) is 8.08. The number of urea groups is 1. The maximum Gasteiger partial charge on any atom is 0.315 e. The largest absolute Gasteiger partial charge is 0.335 e. The summed E-state index contributed by atoms with van der Waals surface area (Å²) in [5.74, 6) is 0.413. The molecule has 4 rings (SSSR count). The number of hydrogen-bond donors (Lipinski definition) is 2. The van der Waals surface area contributed by atoms with Gasteiger partial charge in [-0.3, -0.25) is 9.69 Å². The Morgan fingerprint density at radius 1 is 0.758 bits per heavy atom. The number of likely N-dealkylation sites (tertiary alicyclic amines) is 1. The topological polar surface area (TPSA) is 98.8 Å². The van der Waals surface area contributed by atoms with Gasteiger partial charge in [0, 0.05) is 37.3 Å². The summed E-state index contributed by atoms with van der Waals surface area (Å²) in [6, 6.07) is 0.430. The van der Waals surface area contributed by atoms with Crippen molar-refractivity contribution in [3.63, 3.8) is 0 Å². The molecule has 2 saturated carbocycles. The zero-order chi connectivity index (χ0) is 23.3. The van der Waals surface area contributed by atoms with Crippen molar-refractivity contribution in [1.29, 1.82) is 0 Å². The van der Waals surface area contributed by atoms with Crippen molar-refractivity contribution < 1.29 is 18.0 Å². The Bertz CT molecular complexity index is 769. The lowest BCUT2D eigenvalue weighted by Gasteiger charge is -2.40. The molecule has 2 saturated heterocycles. The van der Waals surface area contributed by atoms with E-state index >= 15 is 0 Å². The van der Waals surface area contributed by atoms with Crippen LogP contribution in [-0.4, -0.2) is 85.5 Å². The quantitative estimate of drug-likeness (QED) is 0.606. The van der Waals surface area contributed by atoms with Crippen LogP contribution in [0.15, 0.2) is 0 Å². The number of piperidine rings is 1. The van der Waals surface area contributed by atoms with Gasteiger partial charge in [0.2, 0.25) is 5.91 Å². The number of hydrogen-bond acceptors (Lipinski definition) is 5. The maximum absolute atomic E-state index is 13.4. The number of nitrogens with one attached hydrogen (secondary N) is 2. The van der Waals surface area contributed by atoms with Gasteiger partial charge in [0.15, 0.2) is 9.84 Å². The number of nitrogens with zero attached hydrogens (tertiary/aromatic N) is 2. The van der Waals surface area contributed by atoms with Gasteiger partial charge < -0.3 is 15.5 Å². The molecule has 188 valence electrons. The Balaban J connectivity index is 1.25. The predicted molar refractivity (Wildman–Crippen MR) is 129 cm³/mol. The average molecular weight is 483 g/mol. The minimum absolute atomic E-state index is 0.0534. The molecule has 4 aliphatic rings. The van der Waals surface area contributed by atoms with E-state index in [4.69, 9.17) is 0 Å². The van der Waals surface area contributed by atoms with Crippen LogP contribution in [0.1, 0.15) is 83.5 Å². The van der Waals surface area contributed by atoms with Crippen molar-refractivity contribution in [3.05, 3.63) is 0 Å². The van der Waals surface area contributed by atoms with Gasteiger partial charge in [-0.2, -0.15) is 0 Å². The summed E-state index contributed by atoms with van der Waals surface area (Å²) < 4.78 is 24.2. The molecule has 2 heterocycles. The predicted octanol–water partition coefficient (Wildman–Crippen LogP) is 2.43. The lowest BCUT2D eigenvalue weighted by molar-refractivity contribution is -0.138. The smallest absolute Gasteiger partial charge is 0.315 e. The Labute approximate surface area is 199 Å². The van der Waals surface area contributed by atoms with Crippen molar-refractivity contribution in [2.24, 2.45) is 0 Å². The lowest BCUT2D eigenvalue weighted by Crippen LogP contribution is -2.54. The van der Waals surface area contributed by atoms with Gasteiger partial charge in [-0.1, -0.05) is 38.5 Å². The van der Waals surface area contributed by atoms with E-state index in [2.05, 4.69) is 15.5 Å². The molecule has 0 aromatic carbocycles. The molecule has 3 amide bonds. The molecule has 0 spiro atoms. The highest BCUT2D eigenvalue weighted by Gasteiger charge is 2.39. The summed E-state index contributed by atoms with van der Waals surface area (Å²) in [6.45, 7) is 1.91. The Kier molecular flexibility index (Phi) is 8.54.